The SMILES string of the molecule is C[N+](C)(C)CCOC(=O)c1ccccc1O.[Na].[SH-]. The van der Waals surface area contributed by atoms with E-state index in [1.54, 1.807) is 18.2 Å². The van der Waals surface area contributed by atoms with Crippen molar-refractivity contribution in [2.24, 2.45) is 0 Å². The molecular weight excluding hydrogens is 261 g/mol. The number of carbonyl (C=O) groups is 1. The minimum absolute atomic E-state index is 0. The average molecular weight is 280 g/mol. The van der Waals surface area contributed by atoms with Crippen LogP contribution < -0.4 is 0 Å². The summed E-state index contributed by atoms with van der Waals surface area (Å²) in [6.45, 7) is 1.08. The number of carbonyl (C=O) groups excluding carboxylic acids is 1. The van der Waals surface area contributed by atoms with Gasteiger partial charge >= 0.3 is 5.97 Å². The molecule has 0 spiro atoms. The third-order valence-electron chi connectivity index (χ3n) is 2.12. The smallest absolute Gasteiger partial charge is 0.342 e. The Hall–Kier alpha value is -0.200. The van der Waals surface area contributed by atoms with Gasteiger partial charge in [0.05, 0.1) is 21.1 Å². The van der Waals surface area contributed by atoms with E-state index in [4.69, 9.17) is 4.74 Å². The molecule has 1 aromatic carbocycles. The molecule has 1 aromatic rings. The zero-order valence-electron chi connectivity index (χ0n) is 11.4. The molecule has 0 aliphatic heterocycles. The van der Waals surface area contributed by atoms with Crippen molar-refractivity contribution >= 4 is 49.0 Å². The Morgan fingerprint density at radius 2 is 1.83 bits per heavy atom. The molecule has 0 bridgehead atoms. The number of esters is 1. The minimum Gasteiger partial charge on any atom is -0.813 e. The molecule has 0 amide bonds. The Morgan fingerprint density at radius 1 is 1.28 bits per heavy atom. The van der Waals surface area contributed by atoms with Crippen LogP contribution in [0.25, 0.3) is 0 Å². The number of phenolic OH excluding ortho intramolecular Hbond substituents is 1. The van der Waals surface area contributed by atoms with Crippen LogP contribution in [0.2, 0.25) is 0 Å². The molecule has 0 unspecified atom stereocenters. The van der Waals surface area contributed by atoms with Gasteiger partial charge in [0.2, 0.25) is 0 Å². The fraction of sp³-hybridized carbons (Fsp3) is 0.417. The monoisotopic (exact) mass is 280 g/mol. The van der Waals surface area contributed by atoms with Crippen LogP contribution in [-0.2, 0) is 18.2 Å². The van der Waals surface area contributed by atoms with Crippen molar-refractivity contribution in [1.29, 1.82) is 0 Å². The molecule has 0 aromatic heterocycles. The summed E-state index contributed by atoms with van der Waals surface area (Å²) in [5, 5.41) is 9.44. The van der Waals surface area contributed by atoms with E-state index in [1.165, 1.54) is 6.07 Å². The Bertz CT molecular complexity index is 380. The standard InChI is InChI=1S/C12H17NO3.Na.H2S/c1-13(2,3)8-9-16-12(15)10-6-4-5-7-11(10)14;;/h4-7H,8-9H2,1-3H3;;1H2. The summed E-state index contributed by atoms with van der Waals surface area (Å²) in [5.41, 5.74) is 0.212. The maximum atomic E-state index is 11.6. The van der Waals surface area contributed by atoms with Gasteiger partial charge in [0, 0.05) is 29.6 Å². The molecule has 0 aliphatic rings. The summed E-state index contributed by atoms with van der Waals surface area (Å²) < 4.78 is 5.80. The summed E-state index contributed by atoms with van der Waals surface area (Å²) in [5.74, 6) is -0.524. The van der Waals surface area contributed by atoms with E-state index in [0.29, 0.717) is 6.61 Å². The molecule has 1 N–H and O–H groups in total. The first kappa shape index (κ1) is 20.1. The van der Waals surface area contributed by atoms with E-state index in [1.807, 2.05) is 21.1 Å². The van der Waals surface area contributed by atoms with E-state index >= 15 is 0 Å². The van der Waals surface area contributed by atoms with Crippen LogP contribution in [0.1, 0.15) is 10.4 Å². The second-order valence-corrected chi connectivity index (χ2v) is 4.67. The topological polar surface area (TPSA) is 46.5 Å². The summed E-state index contributed by atoms with van der Waals surface area (Å²) in [6.07, 6.45) is 0. The normalized spacial score (nSPS) is 9.94. The van der Waals surface area contributed by atoms with Gasteiger partial charge in [-0.3, -0.25) is 0 Å². The number of hydrogen-bond donors (Lipinski definition) is 1. The van der Waals surface area contributed by atoms with Crippen LogP contribution in [0.15, 0.2) is 24.3 Å². The molecule has 0 aliphatic carbocycles. The van der Waals surface area contributed by atoms with E-state index in [9.17, 15) is 9.90 Å². The first-order valence-electron chi connectivity index (χ1n) is 5.16. The third-order valence-corrected chi connectivity index (χ3v) is 2.12. The largest absolute Gasteiger partial charge is 0.813 e. The number of hydrogen-bond acceptors (Lipinski definition) is 4. The van der Waals surface area contributed by atoms with Crippen LogP contribution in [0.4, 0.5) is 0 Å². The maximum Gasteiger partial charge on any atom is 0.342 e. The van der Waals surface area contributed by atoms with E-state index in [-0.39, 0.29) is 54.4 Å². The number of para-hydroxylation sites is 1. The van der Waals surface area contributed by atoms with Crippen molar-refractivity contribution in [2.75, 3.05) is 34.3 Å². The number of benzene rings is 1. The van der Waals surface area contributed by atoms with Gasteiger partial charge in [0.25, 0.3) is 0 Å². The number of ether oxygens (including phenoxy) is 1. The molecule has 0 atom stereocenters. The number of rotatable bonds is 4. The Kier molecular flexibility index (Phi) is 9.87. The second kappa shape index (κ2) is 8.82. The summed E-state index contributed by atoms with van der Waals surface area (Å²) in [4.78, 5) is 11.6. The van der Waals surface area contributed by atoms with Crippen LogP contribution in [0.3, 0.4) is 0 Å². The summed E-state index contributed by atoms with van der Waals surface area (Å²) in [7, 11) is 6.06. The van der Waals surface area contributed by atoms with Gasteiger partial charge in [-0.1, -0.05) is 12.1 Å². The fourth-order valence-corrected chi connectivity index (χ4v) is 1.14. The summed E-state index contributed by atoms with van der Waals surface area (Å²) >= 11 is 0. The van der Waals surface area contributed by atoms with Crippen LogP contribution in [0, 0.1) is 0 Å². The molecule has 6 heteroatoms. The number of likely N-dealkylation sites (N-methyl/N-ethyl adjacent to an activating group) is 1. The van der Waals surface area contributed by atoms with Gasteiger partial charge in [-0.2, -0.15) is 0 Å². The first-order chi connectivity index (χ1) is 7.40. The molecule has 0 heterocycles. The van der Waals surface area contributed by atoms with Crippen molar-refractivity contribution in [3.8, 4) is 5.75 Å². The van der Waals surface area contributed by atoms with Crippen molar-refractivity contribution in [2.45, 2.75) is 0 Å². The molecule has 0 fully saturated rings. The van der Waals surface area contributed by atoms with Crippen molar-refractivity contribution in [1.82, 2.24) is 0 Å². The van der Waals surface area contributed by atoms with Gasteiger partial charge in [0.1, 0.15) is 24.5 Å². The van der Waals surface area contributed by atoms with Gasteiger partial charge < -0.3 is 27.8 Å². The predicted octanol–water partition coefficient (Wildman–Crippen LogP) is 0.604. The van der Waals surface area contributed by atoms with Crippen molar-refractivity contribution < 1.29 is 19.1 Å². The van der Waals surface area contributed by atoms with E-state index in [0.717, 1.165) is 11.0 Å². The van der Waals surface area contributed by atoms with E-state index < -0.39 is 5.97 Å². The molecule has 97 valence electrons. The Balaban J connectivity index is 0. The Morgan fingerprint density at radius 3 is 2.33 bits per heavy atom. The fourth-order valence-electron chi connectivity index (χ4n) is 1.14. The molecule has 1 rings (SSSR count). The molecule has 0 saturated carbocycles. The quantitative estimate of drug-likeness (QED) is 0.288. The molecule has 4 nitrogen and oxygen atoms in total. The number of nitrogens with zero attached hydrogens (tertiary/aromatic N) is 1. The molecule has 1 radical (unpaired) electrons. The third kappa shape index (κ3) is 7.28. The van der Waals surface area contributed by atoms with Crippen LogP contribution in [-0.4, -0.2) is 79.4 Å². The first-order valence-corrected chi connectivity index (χ1v) is 5.16. The molecule has 0 saturated heterocycles. The van der Waals surface area contributed by atoms with E-state index in [2.05, 4.69) is 0 Å². The van der Waals surface area contributed by atoms with Gasteiger partial charge in [0.15, 0.2) is 0 Å². The van der Waals surface area contributed by atoms with Crippen LogP contribution >= 0.6 is 0 Å². The number of phenols is 1. The number of thiol groups is 1. The molecule has 18 heavy (non-hydrogen) atoms. The van der Waals surface area contributed by atoms with Gasteiger partial charge in [-0.25, -0.2) is 4.79 Å². The average Bonchev–Trinajstić information content (AvgIpc) is 2.16. The number of quaternary nitrogens is 1. The van der Waals surface area contributed by atoms with Gasteiger partial charge in [-0.05, 0) is 12.1 Å². The number of aromatic hydroxyl groups is 1. The van der Waals surface area contributed by atoms with Crippen molar-refractivity contribution in [3.63, 3.8) is 0 Å². The van der Waals surface area contributed by atoms with Crippen molar-refractivity contribution in [3.05, 3.63) is 29.8 Å². The minimum atomic E-state index is -0.480. The zero-order valence-corrected chi connectivity index (χ0v) is 14.3. The molecular formula is C12H19NNaO3S. The summed E-state index contributed by atoms with van der Waals surface area (Å²) in [6, 6.07) is 6.37. The zero-order chi connectivity index (χ0) is 12.2. The maximum absolute atomic E-state index is 11.6. The Labute approximate surface area is 137 Å². The van der Waals surface area contributed by atoms with Gasteiger partial charge in [-0.15, -0.1) is 0 Å². The predicted molar refractivity (Wildman–Crippen MR) is 75.8 cm³/mol. The van der Waals surface area contributed by atoms with Crippen LogP contribution in [0.5, 0.6) is 5.75 Å². The second-order valence-electron chi connectivity index (χ2n) is 4.67.